The zero-order chi connectivity index (χ0) is 31.9. The fraction of sp³-hybridized carbons (Fsp3) is 0.759. The van der Waals surface area contributed by atoms with Gasteiger partial charge in [-0.3, -0.25) is 19.2 Å². The zero-order valence-corrected chi connectivity index (χ0v) is 26.0. The van der Waals surface area contributed by atoms with Crippen LogP contribution < -0.4 is 5.32 Å². The minimum Gasteiger partial charge on any atom is -0.457 e. The topological polar surface area (TPSA) is 204 Å². The lowest BCUT2D eigenvalue weighted by molar-refractivity contribution is -0.236. The maximum absolute atomic E-state index is 12.1. The van der Waals surface area contributed by atoms with Gasteiger partial charge in [0.25, 0.3) is 0 Å². The van der Waals surface area contributed by atoms with Gasteiger partial charge in [0.1, 0.15) is 36.7 Å². The molecule has 1 aliphatic heterocycles. The van der Waals surface area contributed by atoms with Crippen molar-refractivity contribution >= 4 is 13.8 Å². The van der Waals surface area contributed by atoms with Crippen molar-refractivity contribution in [2.75, 3.05) is 33.0 Å². The molecule has 13 nitrogen and oxygen atoms in total. The summed E-state index contributed by atoms with van der Waals surface area (Å²) in [6.07, 6.45) is 13.8. The zero-order valence-electron chi connectivity index (χ0n) is 25.1. The van der Waals surface area contributed by atoms with Crippen LogP contribution in [0.4, 0.5) is 0 Å². The molecular formula is C29H52NO12P. The van der Waals surface area contributed by atoms with Gasteiger partial charge in [0.15, 0.2) is 0 Å². The summed E-state index contributed by atoms with van der Waals surface area (Å²) in [7, 11) is -4.57. The minimum atomic E-state index is -4.57. The number of aliphatic hydroxyl groups excluding tert-OH is 5. The van der Waals surface area contributed by atoms with Gasteiger partial charge in [0.05, 0.1) is 26.4 Å². The molecule has 0 amide bonds. The lowest BCUT2D eigenvalue weighted by Crippen LogP contribution is -2.62. The summed E-state index contributed by atoms with van der Waals surface area (Å²) in [5.74, 6) is -0.541. The lowest BCUT2D eigenvalue weighted by Gasteiger charge is -2.40. The Hall–Kier alpha value is -1.48. The van der Waals surface area contributed by atoms with Crippen molar-refractivity contribution < 1.29 is 58.3 Å². The molecule has 0 aromatic heterocycles. The molecule has 43 heavy (non-hydrogen) atoms. The van der Waals surface area contributed by atoms with Crippen LogP contribution >= 0.6 is 7.82 Å². The third-order valence-corrected chi connectivity index (χ3v) is 7.54. The van der Waals surface area contributed by atoms with Crippen LogP contribution in [0.3, 0.4) is 0 Å². The van der Waals surface area contributed by atoms with Crippen molar-refractivity contribution in [3.63, 3.8) is 0 Å². The quantitative estimate of drug-likeness (QED) is 0.0351. The predicted octanol–water partition coefficient (Wildman–Crippen LogP) is 2.00. The molecule has 0 spiro atoms. The normalized spacial score (nSPS) is 25.0. The van der Waals surface area contributed by atoms with Crippen LogP contribution in [0.15, 0.2) is 36.5 Å². The van der Waals surface area contributed by atoms with Crippen LogP contribution in [0.1, 0.15) is 71.1 Å². The number of ether oxygens (including phenoxy) is 2. The van der Waals surface area contributed by atoms with E-state index in [4.69, 9.17) is 18.5 Å². The van der Waals surface area contributed by atoms with E-state index in [0.717, 1.165) is 51.4 Å². The largest absolute Gasteiger partial charge is 0.472 e. The number of allylic oxidation sites excluding steroid dienone is 6. The Labute approximate surface area is 254 Å². The minimum absolute atomic E-state index is 0.124. The van der Waals surface area contributed by atoms with Gasteiger partial charge < -0.3 is 39.9 Å². The summed E-state index contributed by atoms with van der Waals surface area (Å²) in [4.78, 5) is 21.9. The number of carbonyl (C=O) groups excluding carboxylic acids is 1. The van der Waals surface area contributed by atoms with Gasteiger partial charge in [-0.05, 0) is 38.5 Å². The first-order valence-corrected chi connectivity index (χ1v) is 16.6. The SMILES string of the molecule is CCC=CCC=CCC=CCCCCCCCC(=O)OC(CO)COP(=O)(O)OCCNC1OC(CO)C(O)C(O)C1O. The Balaban J connectivity index is 2.14. The molecule has 1 saturated heterocycles. The smallest absolute Gasteiger partial charge is 0.457 e. The lowest BCUT2D eigenvalue weighted by atomic mass is 9.98. The van der Waals surface area contributed by atoms with Gasteiger partial charge in [-0.2, -0.15) is 0 Å². The van der Waals surface area contributed by atoms with Crippen LogP contribution in [0, 0.1) is 0 Å². The molecule has 1 aliphatic rings. The number of nitrogens with one attached hydrogen (secondary N) is 1. The molecule has 0 aromatic rings. The van der Waals surface area contributed by atoms with Crippen LogP contribution in [-0.4, -0.2) is 106 Å². The number of phosphoric acid groups is 1. The fourth-order valence-corrected chi connectivity index (χ4v) is 4.86. The average molecular weight is 638 g/mol. The second-order valence-corrected chi connectivity index (χ2v) is 11.6. The van der Waals surface area contributed by atoms with E-state index >= 15 is 0 Å². The Morgan fingerprint density at radius 3 is 2.23 bits per heavy atom. The first-order chi connectivity index (χ1) is 20.6. The van der Waals surface area contributed by atoms with Crippen molar-refractivity contribution in [1.82, 2.24) is 5.32 Å². The van der Waals surface area contributed by atoms with E-state index in [2.05, 4.69) is 48.7 Å². The summed E-state index contributed by atoms with van der Waals surface area (Å²) in [5.41, 5.74) is 0. The summed E-state index contributed by atoms with van der Waals surface area (Å²) < 4.78 is 32.1. The van der Waals surface area contributed by atoms with E-state index in [-0.39, 0.29) is 19.6 Å². The number of phosphoric ester groups is 1. The first-order valence-electron chi connectivity index (χ1n) is 15.1. The van der Waals surface area contributed by atoms with Gasteiger partial charge in [0, 0.05) is 13.0 Å². The molecule has 0 aliphatic carbocycles. The van der Waals surface area contributed by atoms with Crippen molar-refractivity contribution in [3.05, 3.63) is 36.5 Å². The average Bonchev–Trinajstić information content (AvgIpc) is 2.99. The molecular weight excluding hydrogens is 585 g/mol. The Morgan fingerprint density at radius 1 is 0.907 bits per heavy atom. The highest BCUT2D eigenvalue weighted by molar-refractivity contribution is 7.47. The predicted molar refractivity (Wildman–Crippen MR) is 160 cm³/mol. The monoisotopic (exact) mass is 637 g/mol. The third kappa shape index (κ3) is 18.2. The maximum Gasteiger partial charge on any atom is 0.472 e. The van der Waals surface area contributed by atoms with Crippen molar-refractivity contribution in [2.45, 2.75) is 108 Å². The van der Waals surface area contributed by atoms with Gasteiger partial charge >= 0.3 is 13.8 Å². The van der Waals surface area contributed by atoms with Crippen LogP contribution in [0.5, 0.6) is 0 Å². The number of rotatable bonds is 24. The van der Waals surface area contributed by atoms with E-state index in [1.165, 1.54) is 0 Å². The Morgan fingerprint density at radius 2 is 1.56 bits per heavy atom. The highest BCUT2D eigenvalue weighted by Gasteiger charge is 2.43. The number of carbonyl (C=O) groups is 1. The van der Waals surface area contributed by atoms with Gasteiger partial charge in [-0.25, -0.2) is 4.57 Å². The van der Waals surface area contributed by atoms with E-state index < -0.39 is 70.4 Å². The van der Waals surface area contributed by atoms with Gasteiger partial charge in [0.2, 0.25) is 0 Å². The second-order valence-electron chi connectivity index (χ2n) is 10.2. The number of aliphatic hydroxyl groups is 5. The summed E-state index contributed by atoms with van der Waals surface area (Å²) in [6, 6.07) is 0. The third-order valence-electron chi connectivity index (χ3n) is 6.55. The molecule has 1 fully saturated rings. The van der Waals surface area contributed by atoms with Gasteiger partial charge in [-0.1, -0.05) is 62.6 Å². The molecule has 0 aromatic carbocycles. The fourth-order valence-electron chi connectivity index (χ4n) is 4.10. The molecule has 0 saturated carbocycles. The highest BCUT2D eigenvalue weighted by Crippen LogP contribution is 2.43. The standard InChI is InChI=1S/C29H52NO12P/c1-2-3-4-5-6-7-8-9-10-11-12-13-14-15-16-17-25(33)41-23(20-31)22-40-43(37,38)39-19-18-30-29-28(36)27(35)26(34)24(21-32)42-29/h3-4,6-7,9-10,23-24,26-32,34-36H,2,5,8,11-22H2,1H3,(H,37,38). The molecule has 1 heterocycles. The molecule has 1 rings (SSSR count). The highest BCUT2D eigenvalue weighted by atomic mass is 31.2. The van der Waals surface area contributed by atoms with E-state index in [1.54, 1.807) is 0 Å². The molecule has 7 unspecified atom stereocenters. The van der Waals surface area contributed by atoms with Crippen molar-refractivity contribution in [3.8, 4) is 0 Å². The van der Waals surface area contributed by atoms with E-state index in [1.807, 2.05) is 0 Å². The Bertz CT molecular complexity index is 868. The summed E-state index contributed by atoms with van der Waals surface area (Å²) in [6.45, 7) is -0.144. The molecule has 0 radical (unpaired) electrons. The first kappa shape index (κ1) is 39.5. The number of hydrogen-bond donors (Lipinski definition) is 7. The van der Waals surface area contributed by atoms with E-state index in [0.29, 0.717) is 6.42 Å². The van der Waals surface area contributed by atoms with Crippen LogP contribution in [-0.2, 0) is 27.9 Å². The van der Waals surface area contributed by atoms with Gasteiger partial charge in [-0.15, -0.1) is 0 Å². The van der Waals surface area contributed by atoms with Crippen LogP contribution in [0.2, 0.25) is 0 Å². The maximum atomic E-state index is 12.1. The number of hydrogen-bond acceptors (Lipinski definition) is 12. The number of unbranched alkanes of at least 4 members (excludes halogenated alkanes) is 5. The van der Waals surface area contributed by atoms with Crippen LogP contribution in [0.25, 0.3) is 0 Å². The summed E-state index contributed by atoms with van der Waals surface area (Å²) >= 11 is 0. The number of esters is 1. The molecule has 0 bridgehead atoms. The molecule has 7 atom stereocenters. The van der Waals surface area contributed by atoms with E-state index in [9.17, 15) is 39.8 Å². The molecule has 250 valence electrons. The summed E-state index contributed by atoms with van der Waals surface area (Å²) in [5, 5.41) is 50.8. The molecule has 14 heteroatoms. The van der Waals surface area contributed by atoms with Crippen molar-refractivity contribution in [1.29, 1.82) is 0 Å². The Kier molecular flexibility index (Phi) is 21.9. The second kappa shape index (κ2) is 23.8. The molecule has 7 N–H and O–H groups in total. The van der Waals surface area contributed by atoms with Crippen molar-refractivity contribution in [2.24, 2.45) is 0 Å².